The summed E-state index contributed by atoms with van der Waals surface area (Å²) >= 11 is 0. The molecule has 0 aliphatic rings. The average Bonchev–Trinajstić information content (AvgIpc) is 3.72. The van der Waals surface area contributed by atoms with Crippen LogP contribution in [0.15, 0.2) is 122 Å². The third-order valence-electron chi connectivity index (χ3n) is 16.6. The van der Waals surface area contributed by atoms with E-state index in [4.69, 9.17) is 13.8 Å². The smallest absolute Gasteiger partial charge is 0.306 e. The molecule has 3 unspecified atom stereocenters. The van der Waals surface area contributed by atoms with Gasteiger partial charge in [0.15, 0.2) is 0 Å². The molecule has 0 fully saturated rings. The number of unbranched alkanes of at least 4 members (excludes halogenated alkanes) is 35. The Morgan fingerprint density at radius 2 is 0.696 bits per heavy atom. The van der Waals surface area contributed by atoms with Gasteiger partial charge < -0.3 is 28.5 Å². The molecule has 3 atom stereocenters. The molecule has 0 radical (unpaired) electrons. The lowest BCUT2D eigenvalue weighted by atomic mass is 10.0. The fourth-order valence-corrected chi connectivity index (χ4v) is 11.5. The number of nitrogens with one attached hydrogen (secondary N) is 1. The van der Waals surface area contributed by atoms with E-state index < -0.39 is 26.6 Å². The van der Waals surface area contributed by atoms with Crippen molar-refractivity contribution < 1.29 is 37.3 Å². The first-order chi connectivity index (χ1) is 44.9. The molecule has 0 spiro atoms. The maximum absolute atomic E-state index is 13.6. The quantitative estimate of drug-likeness (QED) is 0.0212. The topological polar surface area (TPSA) is 114 Å². The number of allylic oxidation sites excluding steroid dienone is 19. The maximum atomic E-state index is 13.6. The van der Waals surface area contributed by atoms with Crippen LogP contribution in [0.2, 0.25) is 0 Å². The summed E-state index contributed by atoms with van der Waals surface area (Å²) in [4.78, 5) is 40.3. The lowest BCUT2D eigenvalue weighted by Gasteiger charge is -2.30. The first kappa shape index (κ1) is 88.4. The predicted molar refractivity (Wildman–Crippen MR) is 399 cm³/mol. The Labute approximate surface area is 569 Å². The monoisotopic (exact) mass is 1300 g/mol. The van der Waals surface area contributed by atoms with Gasteiger partial charge in [0.2, 0.25) is 5.91 Å². The van der Waals surface area contributed by atoms with Crippen LogP contribution in [0.1, 0.15) is 335 Å². The third kappa shape index (κ3) is 70.7. The Morgan fingerprint density at radius 3 is 1.07 bits per heavy atom. The molecule has 10 heteroatoms. The zero-order chi connectivity index (χ0) is 67.0. The fourth-order valence-electron chi connectivity index (χ4n) is 10.8. The summed E-state index contributed by atoms with van der Waals surface area (Å²) in [5.41, 5.74) is 0. The molecule has 530 valence electrons. The Kier molecular flexibility index (Phi) is 67.5. The number of likely N-dealkylation sites (N-methyl/N-ethyl adjacent to an activating group) is 1. The molecule has 0 aromatic carbocycles. The first-order valence-electron chi connectivity index (χ1n) is 38.3. The van der Waals surface area contributed by atoms with E-state index >= 15 is 0 Å². The summed E-state index contributed by atoms with van der Waals surface area (Å²) in [5.74, 6) is -0.545. The van der Waals surface area contributed by atoms with Crippen molar-refractivity contribution in [3.05, 3.63) is 122 Å². The lowest BCUT2D eigenvalue weighted by Crippen LogP contribution is -2.47. The van der Waals surface area contributed by atoms with Crippen LogP contribution in [0.3, 0.4) is 0 Å². The van der Waals surface area contributed by atoms with Crippen LogP contribution in [-0.4, -0.2) is 69.4 Å². The van der Waals surface area contributed by atoms with Gasteiger partial charge in [0.1, 0.15) is 19.3 Å². The summed E-state index contributed by atoms with van der Waals surface area (Å²) in [6.45, 7) is 6.72. The number of esters is 1. The highest BCUT2D eigenvalue weighted by atomic mass is 31.2. The van der Waals surface area contributed by atoms with Gasteiger partial charge in [-0.15, -0.1) is 0 Å². The number of quaternary nitrogens is 1. The zero-order valence-electron chi connectivity index (χ0n) is 60.7. The van der Waals surface area contributed by atoms with Crippen molar-refractivity contribution in [3.63, 3.8) is 0 Å². The molecule has 0 aromatic heterocycles. The number of rotatable bonds is 69. The molecule has 0 rings (SSSR count). The van der Waals surface area contributed by atoms with Gasteiger partial charge in [0, 0.05) is 12.8 Å². The molecule has 0 heterocycles. The van der Waals surface area contributed by atoms with Crippen molar-refractivity contribution in [1.29, 1.82) is 0 Å². The second kappa shape index (κ2) is 70.2. The van der Waals surface area contributed by atoms with Gasteiger partial charge in [-0.05, 0) is 122 Å². The van der Waals surface area contributed by atoms with E-state index in [0.717, 1.165) is 128 Å². The van der Waals surface area contributed by atoms with Crippen LogP contribution >= 0.6 is 7.82 Å². The summed E-state index contributed by atoms with van der Waals surface area (Å²) < 4.78 is 30.5. The first-order valence-corrected chi connectivity index (χ1v) is 39.8. The summed E-state index contributed by atoms with van der Waals surface area (Å²) in [5, 5.41) is 3.05. The normalized spacial score (nSPS) is 14.1. The molecule has 0 bridgehead atoms. The number of ether oxygens (including phenoxy) is 1. The van der Waals surface area contributed by atoms with Gasteiger partial charge in [-0.1, -0.05) is 322 Å². The molecule has 0 saturated carbocycles. The molecule has 92 heavy (non-hydrogen) atoms. The third-order valence-corrected chi connectivity index (χ3v) is 17.6. The van der Waals surface area contributed by atoms with E-state index in [-0.39, 0.29) is 24.9 Å². The van der Waals surface area contributed by atoms with E-state index in [9.17, 15) is 19.0 Å². The standard InChI is InChI=1S/C82H145N2O7P/c1-7-10-13-16-19-22-25-28-30-32-34-36-38-40-42-44-46-48-50-52-54-56-59-62-65-68-71-74-81(85)83-79(78-90-92(87,88)89-77-76-84(4,5)6)80(73-70-67-64-61-58-27-24-21-18-15-12-9-3)91-82(86)75-72-69-66-63-60-57-55-53-51-49-47-45-43-41-39-37-35-33-31-29-26-23-20-17-14-11-8-2/h11,14,19-20,22-23,28-31,34-37,40-43,70,73,79-80H,7-10,12-13,15-18,21,24-27,32-33,38-39,44-69,71-72,74-78H2,1-6H3,(H-,83,85,87,88)/b14-11-,22-19-,23-20-,30-28-,31-29-,36-34-,37-35-,42-40-,43-41-,73-70+. The number of hydrogen-bond acceptors (Lipinski definition) is 7. The van der Waals surface area contributed by atoms with E-state index in [1.807, 2.05) is 33.3 Å². The average molecular weight is 1300 g/mol. The lowest BCUT2D eigenvalue weighted by molar-refractivity contribution is -0.870. The van der Waals surface area contributed by atoms with E-state index in [0.29, 0.717) is 17.4 Å². The summed E-state index contributed by atoms with van der Waals surface area (Å²) in [6.07, 6.45) is 99.0. The van der Waals surface area contributed by atoms with Crippen LogP contribution in [0.25, 0.3) is 0 Å². The van der Waals surface area contributed by atoms with E-state index in [1.165, 1.54) is 173 Å². The number of carbonyl (C=O) groups excluding carboxylic acids is 2. The van der Waals surface area contributed by atoms with Crippen LogP contribution in [-0.2, 0) is 27.9 Å². The van der Waals surface area contributed by atoms with Crippen molar-refractivity contribution in [3.8, 4) is 0 Å². The number of hydrogen-bond donors (Lipinski definition) is 1. The Hall–Kier alpha value is -3.59. The van der Waals surface area contributed by atoms with Crippen molar-refractivity contribution in [2.24, 2.45) is 0 Å². The van der Waals surface area contributed by atoms with Gasteiger partial charge in [-0.3, -0.25) is 14.2 Å². The Morgan fingerprint density at radius 1 is 0.391 bits per heavy atom. The number of carbonyl (C=O) groups is 2. The molecular formula is C82H145N2O7P. The zero-order valence-corrected chi connectivity index (χ0v) is 61.6. The predicted octanol–water partition coefficient (Wildman–Crippen LogP) is 24.3. The molecule has 9 nitrogen and oxygen atoms in total. The minimum Gasteiger partial charge on any atom is -0.756 e. The molecular weight excluding hydrogens is 1160 g/mol. The van der Waals surface area contributed by atoms with Crippen molar-refractivity contribution in [2.45, 2.75) is 348 Å². The van der Waals surface area contributed by atoms with Crippen LogP contribution in [0.5, 0.6) is 0 Å². The molecule has 0 aliphatic heterocycles. The number of nitrogens with zero attached hydrogens (tertiary/aromatic N) is 1. The SMILES string of the molecule is CC/C=C\C/C=C\C/C=C\C/C=C\C/C=C\CCCCCCCCCCCCCC(=O)OC(/C=C/CCCCCCCCCCCC)C(COP(=O)([O-])OCC[N+](C)(C)C)NC(=O)CCCCCCCCCCCCC/C=C\C/C=C\C/C=C\C/C=C\CCCCC. The molecule has 0 saturated heterocycles. The van der Waals surface area contributed by atoms with Crippen LogP contribution < -0.4 is 10.2 Å². The van der Waals surface area contributed by atoms with Gasteiger partial charge in [-0.25, -0.2) is 0 Å². The largest absolute Gasteiger partial charge is 0.756 e. The molecule has 0 aliphatic carbocycles. The second-order valence-electron chi connectivity index (χ2n) is 26.8. The number of phosphoric ester groups is 1. The summed E-state index contributed by atoms with van der Waals surface area (Å²) in [6, 6.07) is -0.900. The minimum absolute atomic E-state index is 0.0280. The van der Waals surface area contributed by atoms with Crippen molar-refractivity contribution >= 4 is 19.7 Å². The van der Waals surface area contributed by atoms with E-state index in [2.05, 4.69) is 135 Å². The highest BCUT2D eigenvalue weighted by molar-refractivity contribution is 7.45. The number of phosphoric acid groups is 1. The van der Waals surface area contributed by atoms with Gasteiger partial charge in [-0.2, -0.15) is 0 Å². The highest BCUT2D eigenvalue weighted by Crippen LogP contribution is 2.38. The molecule has 1 amide bonds. The molecule has 1 N–H and O–H groups in total. The fraction of sp³-hybridized carbons (Fsp3) is 0.732. The second-order valence-corrected chi connectivity index (χ2v) is 28.2. The van der Waals surface area contributed by atoms with Gasteiger partial charge in [0.05, 0.1) is 33.8 Å². The highest BCUT2D eigenvalue weighted by Gasteiger charge is 2.27. The van der Waals surface area contributed by atoms with Gasteiger partial charge >= 0.3 is 5.97 Å². The van der Waals surface area contributed by atoms with Crippen molar-refractivity contribution in [2.75, 3.05) is 40.9 Å². The molecule has 0 aromatic rings. The van der Waals surface area contributed by atoms with E-state index in [1.54, 1.807) is 0 Å². The van der Waals surface area contributed by atoms with Crippen LogP contribution in [0, 0.1) is 0 Å². The summed E-state index contributed by atoms with van der Waals surface area (Å²) in [7, 11) is 1.18. The van der Waals surface area contributed by atoms with Crippen LogP contribution in [0.4, 0.5) is 0 Å². The Balaban J connectivity index is 4.99. The minimum atomic E-state index is -4.72. The number of amides is 1. The van der Waals surface area contributed by atoms with Crippen molar-refractivity contribution in [1.82, 2.24) is 5.32 Å². The Bertz CT molecular complexity index is 1990. The maximum Gasteiger partial charge on any atom is 0.306 e. The van der Waals surface area contributed by atoms with Gasteiger partial charge in [0.25, 0.3) is 7.82 Å².